The van der Waals surface area contributed by atoms with Crippen molar-refractivity contribution < 1.29 is 19.8 Å². The van der Waals surface area contributed by atoms with Crippen LogP contribution in [0.3, 0.4) is 0 Å². The van der Waals surface area contributed by atoms with Gasteiger partial charge in [0.1, 0.15) is 10.7 Å². The Labute approximate surface area is 141 Å². The lowest BCUT2D eigenvalue weighted by Crippen LogP contribution is -2.34. The second-order valence-corrected chi connectivity index (χ2v) is 5.91. The summed E-state index contributed by atoms with van der Waals surface area (Å²) >= 11 is 1.38. The highest BCUT2D eigenvalue weighted by atomic mass is 32.1. The quantitative estimate of drug-likeness (QED) is 0.674. The lowest BCUT2D eigenvalue weighted by molar-refractivity contribution is -0.137. The monoisotopic (exact) mass is 345 g/mol. The number of rotatable bonds is 6. The average molecular weight is 345 g/mol. The van der Waals surface area contributed by atoms with E-state index in [0.717, 1.165) is 10.5 Å². The third kappa shape index (κ3) is 3.07. The summed E-state index contributed by atoms with van der Waals surface area (Å²) in [7, 11) is 0. The molecule has 3 rings (SSSR count). The van der Waals surface area contributed by atoms with Crippen LogP contribution in [0.25, 0.3) is 10.6 Å². The molecule has 0 saturated heterocycles. The largest absolute Gasteiger partial charge is 0.395 e. The van der Waals surface area contributed by atoms with Gasteiger partial charge in [0, 0.05) is 22.7 Å². The lowest BCUT2D eigenvalue weighted by Gasteiger charge is -2.14. The summed E-state index contributed by atoms with van der Waals surface area (Å²) in [5.41, 5.74) is 2.13. The number of imide groups is 1. The van der Waals surface area contributed by atoms with Gasteiger partial charge < -0.3 is 15.5 Å². The van der Waals surface area contributed by atoms with E-state index in [2.05, 4.69) is 10.3 Å². The molecule has 0 unspecified atom stereocenters. The van der Waals surface area contributed by atoms with Crippen LogP contribution in [-0.2, 0) is 16.2 Å². The molecule has 24 heavy (non-hydrogen) atoms. The SMILES string of the molecule is O=C1C=C(Nc2ccccc2-c2nc(CO)cs2)C(=O)N1CCO. The van der Waals surface area contributed by atoms with Crippen molar-refractivity contribution in [2.24, 2.45) is 0 Å². The molecule has 1 aromatic carbocycles. The highest BCUT2D eigenvalue weighted by Crippen LogP contribution is 2.32. The Kier molecular flexibility index (Phi) is 4.70. The van der Waals surface area contributed by atoms with Crippen molar-refractivity contribution in [3.8, 4) is 10.6 Å². The van der Waals surface area contributed by atoms with E-state index in [1.54, 1.807) is 17.5 Å². The Balaban J connectivity index is 1.88. The van der Waals surface area contributed by atoms with E-state index >= 15 is 0 Å². The van der Waals surface area contributed by atoms with Gasteiger partial charge in [-0.2, -0.15) is 0 Å². The number of benzene rings is 1. The molecule has 8 heteroatoms. The molecule has 0 bridgehead atoms. The van der Waals surface area contributed by atoms with Crippen LogP contribution < -0.4 is 5.32 Å². The number of carbonyl (C=O) groups excluding carboxylic acids is 2. The Morgan fingerprint density at radius 1 is 1.21 bits per heavy atom. The lowest BCUT2D eigenvalue weighted by atomic mass is 10.2. The van der Waals surface area contributed by atoms with Gasteiger partial charge in [-0.05, 0) is 12.1 Å². The number of nitrogens with one attached hydrogen (secondary N) is 1. The number of hydrogen-bond acceptors (Lipinski definition) is 7. The number of para-hydroxylation sites is 1. The molecular formula is C16H15N3O4S. The van der Waals surface area contributed by atoms with E-state index < -0.39 is 11.8 Å². The fourth-order valence-corrected chi connectivity index (χ4v) is 3.19. The van der Waals surface area contributed by atoms with Crippen LogP contribution in [0.1, 0.15) is 5.69 Å². The molecule has 1 aromatic heterocycles. The topological polar surface area (TPSA) is 103 Å². The molecule has 3 N–H and O–H groups in total. The van der Waals surface area contributed by atoms with Crippen molar-refractivity contribution in [2.75, 3.05) is 18.5 Å². The van der Waals surface area contributed by atoms with Crippen LogP contribution in [0.4, 0.5) is 5.69 Å². The molecule has 2 aromatic rings. The van der Waals surface area contributed by atoms with Gasteiger partial charge in [0.2, 0.25) is 0 Å². The van der Waals surface area contributed by atoms with E-state index in [-0.39, 0.29) is 25.5 Å². The van der Waals surface area contributed by atoms with Crippen molar-refractivity contribution in [1.29, 1.82) is 0 Å². The fraction of sp³-hybridized carbons (Fsp3) is 0.188. The standard InChI is InChI=1S/C16H15N3O4S/c20-6-5-19-14(22)7-13(16(19)23)18-12-4-2-1-3-11(12)15-17-10(8-21)9-24-15/h1-4,7,9,18,20-21H,5-6,8H2. The van der Waals surface area contributed by atoms with Gasteiger partial charge in [0.05, 0.1) is 25.5 Å². The van der Waals surface area contributed by atoms with Crippen molar-refractivity contribution in [3.63, 3.8) is 0 Å². The van der Waals surface area contributed by atoms with Crippen molar-refractivity contribution in [2.45, 2.75) is 6.61 Å². The normalized spacial score (nSPS) is 14.2. The average Bonchev–Trinajstić information content (AvgIpc) is 3.16. The summed E-state index contributed by atoms with van der Waals surface area (Å²) in [6, 6.07) is 7.27. The number of aliphatic hydroxyl groups is 2. The summed E-state index contributed by atoms with van der Waals surface area (Å²) in [6.07, 6.45) is 1.22. The number of β-amino-alcohol motifs (C(OH)–C–C–N with tert-alkyl or cyclic N) is 1. The van der Waals surface area contributed by atoms with Crippen LogP contribution in [0.15, 0.2) is 41.4 Å². The molecule has 0 aliphatic carbocycles. The molecule has 2 amide bonds. The van der Waals surface area contributed by atoms with Crippen LogP contribution in [0.2, 0.25) is 0 Å². The second kappa shape index (κ2) is 6.91. The zero-order chi connectivity index (χ0) is 17.1. The molecule has 0 spiro atoms. The van der Waals surface area contributed by atoms with Crippen molar-refractivity contribution >= 4 is 28.8 Å². The number of amides is 2. The molecular weight excluding hydrogens is 330 g/mol. The van der Waals surface area contributed by atoms with Gasteiger partial charge in [-0.15, -0.1) is 11.3 Å². The van der Waals surface area contributed by atoms with E-state index in [1.807, 2.05) is 12.1 Å². The first-order chi connectivity index (χ1) is 11.6. The Morgan fingerprint density at radius 2 is 2.00 bits per heavy atom. The third-order valence-electron chi connectivity index (χ3n) is 3.47. The molecule has 0 saturated carbocycles. The van der Waals surface area contributed by atoms with Gasteiger partial charge >= 0.3 is 0 Å². The number of thiazole rings is 1. The highest BCUT2D eigenvalue weighted by molar-refractivity contribution is 7.13. The zero-order valence-corrected chi connectivity index (χ0v) is 13.4. The van der Waals surface area contributed by atoms with Gasteiger partial charge in [0.15, 0.2) is 0 Å². The third-order valence-corrected chi connectivity index (χ3v) is 4.40. The molecule has 0 radical (unpaired) electrons. The zero-order valence-electron chi connectivity index (χ0n) is 12.6. The van der Waals surface area contributed by atoms with Gasteiger partial charge in [-0.3, -0.25) is 14.5 Å². The summed E-state index contributed by atoms with van der Waals surface area (Å²) in [5, 5.41) is 23.5. The molecule has 1 aliphatic heterocycles. The predicted molar refractivity (Wildman–Crippen MR) is 89.0 cm³/mol. The van der Waals surface area contributed by atoms with Crippen LogP contribution >= 0.6 is 11.3 Å². The van der Waals surface area contributed by atoms with E-state index in [9.17, 15) is 9.59 Å². The molecule has 1 aliphatic rings. The minimum Gasteiger partial charge on any atom is -0.395 e. The minimum absolute atomic E-state index is 0.0344. The molecule has 124 valence electrons. The smallest absolute Gasteiger partial charge is 0.277 e. The van der Waals surface area contributed by atoms with Crippen LogP contribution in [0.5, 0.6) is 0 Å². The number of carbonyl (C=O) groups is 2. The number of hydrogen-bond donors (Lipinski definition) is 3. The van der Waals surface area contributed by atoms with Gasteiger partial charge in [-0.25, -0.2) is 4.98 Å². The van der Waals surface area contributed by atoms with Crippen LogP contribution in [0, 0.1) is 0 Å². The maximum Gasteiger partial charge on any atom is 0.277 e. The molecule has 0 fully saturated rings. The summed E-state index contributed by atoms with van der Waals surface area (Å²) in [5.74, 6) is -0.926. The summed E-state index contributed by atoms with van der Waals surface area (Å²) in [6.45, 7) is -0.452. The molecule has 7 nitrogen and oxygen atoms in total. The Morgan fingerprint density at radius 3 is 2.71 bits per heavy atom. The van der Waals surface area contributed by atoms with Gasteiger partial charge in [0.25, 0.3) is 11.8 Å². The highest BCUT2D eigenvalue weighted by Gasteiger charge is 2.31. The predicted octanol–water partition coefficient (Wildman–Crippen LogP) is 0.959. The van der Waals surface area contributed by atoms with E-state index in [0.29, 0.717) is 16.4 Å². The first-order valence-electron chi connectivity index (χ1n) is 7.24. The number of aliphatic hydroxyl groups excluding tert-OH is 2. The first kappa shape index (κ1) is 16.3. The van der Waals surface area contributed by atoms with E-state index in [4.69, 9.17) is 10.2 Å². The fourth-order valence-electron chi connectivity index (χ4n) is 2.34. The Hall–Kier alpha value is -2.55. The molecule has 0 atom stereocenters. The number of aromatic nitrogens is 1. The number of nitrogens with zero attached hydrogens (tertiary/aromatic N) is 2. The van der Waals surface area contributed by atoms with Crippen molar-refractivity contribution in [1.82, 2.24) is 9.88 Å². The van der Waals surface area contributed by atoms with E-state index in [1.165, 1.54) is 17.4 Å². The summed E-state index contributed by atoms with van der Waals surface area (Å²) < 4.78 is 0. The maximum absolute atomic E-state index is 12.2. The summed E-state index contributed by atoms with van der Waals surface area (Å²) in [4.78, 5) is 29.3. The van der Waals surface area contributed by atoms with Crippen LogP contribution in [-0.4, -0.2) is 45.1 Å². The molecule has 2 heterocycles. The maximum atomic E-state index is 12.2. The minimum atomic E-state index is -0.473. The second-order valence-electron chi connectivity index (χ2n) is 5.05. The number of anilines is 1. The Bertz CT molecular complexity index is 815. The first-order valence-corrected chi connectivity index (χ1v) is 8.12. The van der Waals surface area contributed by atoms with Gasteiger partial charge in [-0.1, -0.05) is 12.1 Å². The van der Waals surface area contributed by atoms with Crippen molar-refractivity contribution in [3.05, 3.63) is 47.1 Å².